The van der Waals surface area contributed by atoms with Gasteiger partial charge in [-0.3, -0.25) is 0 Å². The lowest BCUT2D eigenvalue weighted by atomic mass is 10.1. The Morgan fingerprint density at radius 2 is 1.59 bits per heavy atom. The molecule has 4 heteroatoms. The van der Waals surface area contributed by atoms with E-state index in [4.69, 9.17) is 5.10 Å². The van der Waals surface area contributed by atoms with Crippen molar-refractivity contribution in [3.8, 4) is 17.1 Å². The van der Waals surface area contributed by atoms with Gasteiger partial charge in [0.05, 0.1) is 5.56 Å². The zero-order valence-corrected chi connectivity index (χ0v) is 13.0. The molecular weight excluding hydrogens is 277 g/mol. The molecule has 0 saturated carbocycles. The Balaban J connectivity index is 2.19. The summed E-state index contributed by atoms with van der Waals surface area (Å²) in [5.41, 5.74) is 1.78. The van der Waals surface area contributed by atoms with Gasteiger partial charge in [-0.05, 0) is 57.2 Å². The first-order chi connectivity index (χ1) is 10.4. The molecule has 112 valence electrons. The maximum atomic E-state index is 13.2. The first kappa shape index (κ1) is 14.4. The van der Waals surface area contributed by atoms with Crippen LogP contribution in [0.3, 0.4) is 0 Å². The minimum Gasteiger partial charge on any atom is -0.207 e. The van der Waals surface area contributed by atoms with E-state index >= 15 is 0 Å². The summed E-state index contributed by atoms with van der Waals surface area (Å²) in [7, 11) is 0. The van der Waals surface area contributed by atoms with Crippen LogP contribution in [0.1, 0.15) is 20.8 Å². The van der Waals surface area contributed by atoms with Gasteiger partial charge in [-0.2, -0.15) is 4.57 Å². The standard InChI is InChI=1S/C18H19FN3/c1-18(2,3)22-13-21(16-11-9-15(19)10-12-16)17(20-22)14-7-5-4-6-8-14/h4-13H,1-3H3/q+1. The Morgan fingerprint density at radius 1 is 0.955 bits per heavy atom. The number of rotatable bonds is 2. The van der Waals surface area contributed by atoms with Crippen LogP contribution in [-0.4, -0.2) is 9.78 Å². The molecule has 1 aromatic heterocycles. The first-order valence-electron chi connectivity index (χ1n) is 7.28. The van der Waals surface area contributed by atoms with Crippen LogP contribution in [0.2, 0.25) is 0 Å². The Hall–Kier alpha value is -2.49. The molecule has 2 aromatic carbocycles. The topological polar surface area (TPSA) is 21.7 Å². The molecule has 0 aliphatic heterocycles. The van der Waals surface area contributed by atoms with Gasteiger partial charge < -0.3 is 0 Å². The van der Waals surface area contributed by atoms with E-state index in [0.717, 1.165) is 17.1 Å². The second-order valence-electron chi connectivity index (χ2n) is 6.27. The van der Waals surface area contributed by atoms with Crippen molar-refractivity contribution in [1.82, 2.24) is 9.78 Å². The largest absolute Gasteiger partial charge is 0.313 e. The quantitative estimate of drug-likeness (QED) is 0.661. The van der Waals surface area contributed by atoms with Gasteiger partial charge in [-0.15, -0.1) is 4.68 Å². The van der Waals surface area contributed by atoms with Crippen LogP contribution in [0.25, 0.3) is 17.1 Å². The number of hydrogen-bond donors (Lipinski definition) is 0. The number of aromatic nitrogens is 3. The summed E-state index contributed by atoms with van der Waals surface area (Å²) < 4.78 is 17.1. The molecule has 3 nitrogen and oxygen atoms in total. The molecule has 0 fully saturated rings. The predicted molar refractivity (Wildman–Crippen MR) is 84.1 cm³/mol. The van der Waals surface area contributed by atoms with E-state index < -0.39 is 0 Å². The molecular formula is C18H19FN3+. The highest BCUT2D eigenvalue weighted by atomic mass is 19.1. The summed E-state index contributed by atoms with van der Waals surface area (Å²) in [4.78, 5) is 0. The number of halogens is 1. The lowest BCUT2D eigenvalue weighted by molar-refractivity contribution is -0.585. The normalized spacial score (nSPS) is 11.6. The second kappa shape index (κ2) is 5.37. The lowest BCUT2D eigenvalue weighted by Gasteiger charge is -2.10. The minimum absolute atomic E-state index is 0.130. The number of hydrogen-bond acceptors (Lipinski definition) is 1. The highest BCUT2D eigenvalue weighted by Gasteiger charge is 2.27. The van der Waals surface area contributed by atoms with Gasteiger partial charge in [0.25, 0.3) is 0 Å². The summed E-state index contributed by atoms with van der Waals surface area (Å²) in [5, 5.41) is 4.74. The van der Waals surface area contributed by atoms with Gasteiger partial charge in [-0.1, -0.05) is 18.2 Å². The van der Waals surface area contributed by atoms with Gasteiger partial charge in [0.1, 0.15) is 17.0 Å². The molecule has 0 saturated heterocycles. The van der Waals surface area contributed by atoms with Gasteiger partial charge >= 0.3 is 5.82 Å². The molecule has 0 atom stereocenters. The van der Waals surface area contributed by atoms with Crippen molar-refractivity contribution in [3.63, 3.8) is 0 Å². The van der Waals surface area contributed by atoms with Crippen LogP contribution in [0.5, 0.6) is 0 Å². The fraction of sp³-hybridized carbons (Fsp3) is 0.222. The van der Waals surface area contributed by atoms with Crippen LogP contribution < -0.4 is 4.57 Å². The highest BCUT2D eigenvalue weighted by molar-refractivity contribution is 5.51. The molecule has 3 aromatic rings. The zero-order valence-electron chi connectivity index (χ0n) is 13.0. The van der Waals surface area contributed by atoms with Crippen molar-refractivity contribution in [1.29, 1.82) is 0 Å². The Bertz CT molecular complexity index is 768. The van der Waals surface area contributed by atoms with Crippen LogP contribution in [0.4, 0.5) is 4.39 Å². The van der Waals surface area contributed by atoms with Gasteiger partial charge in [0.15, 0.2) is 0 Å². The minimum atomic E-state index is -0.242. The fourth-order valence-electron chi connectivity index (χ4n) is 2.24. The first-order valence-corrected chi connectivity index (χ1v) is 7.28. The van der Waals surface area contributed by atoms with E-state index in [-0.39, 0.29) is 11.4 Å². The third-order valence-electron chi connectivity index (χ3n) is 3.48. The Kier molecular flexibility index (Phi) is 3.53. The van der Waals surface area contributed by atoms with Gasteiger partial charge in [0, 0.05) is 5.10 Å². The molecule has 22 heavy (non-hydrogen) atoms. The maximum absolute atomic E-state index is 13.2. The van der Waals surface area contributed by atoms with E-state index in [1.807, 2.05) is 45.9 Å². The van der Waals surface area contributed by atoms with E-state index in [1.165, 1.54) is 12.1 Å². The molecule has 3 rings (SSSR count). The monoisotopic (exact) mass is 296 g/mol. The molecule has 0 amide bonds. The van der Waals surface area contributed by atoms with Crippen molar-refractivity contribution in [2.24, 2.45) is 0 Å². The zero-order chi connectivity index (χ0) is 15.7. The smallest absolute Gasteiger partial charge is 0.207 e. The summed E-state index contributed by atoms with van der Waals surface area (Å²) in [6.45, 7) is 6.30. The summed E-state index contributed by atoms with van der Waals surface area (Å²) in [6.07, 6.45) is 1.95. The molecule has 0 bridgehead atoms. The molecule has 0 radical (unpaired) electrons. The van der Waals surface area contributed by atoms with E-state index in [9.17, 15) is 4.39 Å². The molecule has 0 aliphatic carbocycles. The van der Waals surface area contributed by atoms with Crippen molar-refractivity contribution < 1.29 is 8.96 Å². The van der Waals surface area contributed by atoms with Crippen LogP contribution in [-0.2, 0) is 5.54 Å². The van der Waals surface area contributed by atoms with Crippen molar-refractivity contribution >= 4 is 0 Å². The SMILES string of the molecule is CC(C)(C)n1c[n+](-c2ccc(F)cc2)c(-c2ccccc2)n1. The van der Waals surface area contributed by atoms with E-state index in [1.54, 1.807) is 12.1 Å². The van der Waals surface area contributed by atoms with Gasteiger partial charge in [-0.25, -0.2) is 4.39 Å². The lowest BCUT2D eigenvalue weighted by Crippen LogP contribution is -2.32. The van der Waals surface area contributed by atoms with Crippen molar-refractivity contribution in [2.45, 2.75) is 26.3 Å². The van der Waals surface area contributed by atoms with Crippen molar-refractivity contribution in [3.05, 3.63) is 66.7 Å². The third kappa shape index (κ3) is 2.77. The average Bonchev–Trinajstić information content (AvgIpc) is 2.94. The van der Waals surface area contributed by atoms with E-state index in [0.29, 0.717) is 0 Å². The molecule has 0 unspecified atom stereocenters. The number of nitrogens with zero attached hydrogens (tertiary/aromatic N) is 3. The van der Waals surface area contributed by atoms with Crippen LogP contribution in [0, 0.1) is 5.82 Å². The molecule has 0 spiro atoms. The fourth-order valence-corrected chi connectivity index (χ4v) is 2.24. The number of benzene rings is 2. The van der Waals surface area contributed by atoms with Crippen LogP contribution in [0.15, 0.2) is 60.9 Å². The third-order valence-corrected chi connectivity index (χ3v) is 3.48. The summed E-state index contributed by atoms with van der Waals surface area (Å²) in [5.74, 6) is 0.593. The predicted octanol–water partition coefficient (Wildman–Crippen LogP) is 3.72. The Morgan fingerprint density at radius 3 is 2.18 bits per heavy atom. The summed E-state index contributed by atoms with van der Waals surface area (Å²) in [6, 6.07) is 16.4. The Labute approximate surface area is 129 Å². The maximum Gasteiger partial charge on any atom is 0.313 e. The van der Waals surface area contributed by atoms with Crippen molar-refractivity contribution in [2.75, 3.05) is 0 Å². The van der Waals surface area contributed by atoms with E-state index in [2.05, 4.69) is 20.8 Å². The second-order valence-corrected chi connectivity index (χ2v) is 6.27. The van der Waals surface area contributed by atoms with Gasteiger partial charge in [0.2, 0.25) is 6.33 Å². The highest BCUT2D eigenvalue weighted by Crippen LogP contribution is 2.18. The molecule has 1 heterocycles. The molecule has 0 aliphatic rings. The summed E-state index contributed by atoms with van der Waals surface area (Å²) >= 11 is 0. The molecule has 0 N–H and O–H groups in total. The van der Waals surface area contributed by atoms with Crippen LogP contribution >= 0.6 is 0 Å². The average molecular weight is 296 g/mol.